The summed E-state index contributed by atoms with van der Waals surface area (Å²) in [4.78, 5) is 10.0. The summed E-state index contributed by atoms with van der Waals surface area (Å²) in [6, 6.07) is 0. The maximum atomic E-state index is 10.0. The number of allylic oxidation sites excluding steroid dienone is 1. The minimum Gasteiger partial charge on any atom is -0.481 e. The van der Waals surface area contributed by atoms with Crippen LogP contribution < -0.4 is 0 Å². The molecule has 0 radical (unpaired) electrons. The van der Waals surface area contributed by atoms with Crippen molar-refractivity contribution in [3.63, 3.8) is 0 Å². The van der Waals surface area contributed by atoms with Crippen molar-refractivity contribution in [1.82, 2.24) is 0 Å². The maximum Gasteiger partial charge on any atom is 0.303 e. The third-order valence-electron chi connectivity index (χ3n) is 1.45. The highest BCUT2D eigenvalue weighted by Gasteiger charge is 1.99. The van der Waals surface area contributed by atoms with E-state index in [4.69, 9.17) is 5.11 Å². The van der Waals surface area contributed by atoms with Crippen LogP contribution in [0.15, 0.2) is 12.7 Å². The molecule has 0 saturated heterocycles. The van der Waals surface area contributed by atoms with Gasteiger partial charge in [-0.05, 0) is 18.8 Å². The number of carboxylic acids is 1. The predicted octanol–water partition coefficient (Wildman–Crippen LogP) is 2.06. The molecule has 0 aliphatic carbocycles. The summed E-state index contributed by atoms with van der Waals surface area (Å²) < 4.78 is 0. The first-order chi connectivity index (χ1) is 4.66. The van der Waals surface area contributed by atoms with Crippen LogP contribution in [0, 0.1) is 5.92 Å². The van der Waals surface area contributed by atoms with Crippen LogP contribution in [0.5, 0.6) is 0 Å². The van der Waals surface area contributed by atoms with Gasteiger partial charge in [0.05, 0.1) is 0 Å². The molecule has 0 rings (SSSR count). The van der Waals surface area contributed by atoms with Gasteiger partial charge in [0, 0.05) is 6.42 Å². The normalized spacial score (nSPS) is 12.5. The largest absolute Gasteiger partial charge is 0.481 e. The Morgan fingerprint density at radius 1 is 1.80 bits per heavy atom. The lowest BCUT2D eigenvalue weighted by Gasteiger charge is -2.01. The summed E-state index contributed by atoms with van der Waals surface area (Å²) in [7, 11) is 0. The summed E-state index contributed by atoms with van der Waals surface area (Å²) in [5.74, 6) is -0.268. The zero-order chi connectivity index (χ0) is 7.98. The molecule has 1 N–H and O–H groups in total. The van der Waals surface area contributed by atoms with Gasteiger partial charge in [0.15, 0.2) is 0 Å². The molecule has 0 bridgehead atoms. The zero-order valence-corrected chi connectivity index (χ0v) is 6.34. The van der Waals surface area contributed by atoms with Crippen molar-refractivity contribution in [1.29, 1.82) is 0 Å². The second-order valence-electron chi connectivity index (χ2n) is 2.50. The summed E-state index contributed by atoms with van der Waals surface area (Å²) in [6.45, 7) is 5.65. The van der Waals surface area contributed by atoms with E-state index in [1.165, 1.54) is 0 Å². The number of carbonyl (C=O) groups is 1. The maximum absolute atomic E-state index is 10.0. The summed E-state index contributed by atoms with van der Waals surface area (Å²) in [5, 5.41) is 8.27. The van der Waals surface area contributed by atoms with E-state index >= 15 is 0 Å². The van der Waals surface area contributed by atoms with Crippen LogP contribution in [0.3, 0.4) is 0 Å². The van der Waals surface area contributed by atoms with Crippen molar-refractivity contribution in [2.24, 2.45) is 5.92 Å². The Morgan fingerprint density at radius 2 is 2.40 bits per heavy atom. The SMILES string of the molecule is C=C[C@@H](C)CCCC(=O)O. The van der Waals surface area contributed by atoms with Crippen molar-refractivity contribution < 1.29 is 9.90 Å². The number of aliphatic carboxylic acids is 1. The molecule has 0 aromatic carbocycles. The lowest BCUT2D eigenvalue weighted by Crippen LogP contribution is -1.96. The van der Waals surface area contributed by atoms with Gasteiger partial charge in [0.25, 0.3) is 0 Å². The Hall–Kier alpha value is -0.790. The molecular weight excluding hydrogens is 128 g/mol. The quantitative estimate of drug-likeness (QED) is 0.596. The Kier molecular flexibility index (Phi) is 4.63. The fraction of sp³-hybridized carbons (Fsp3) is 0.625. The van der Waals surface area contributed by atoms with E-state index in [-0.39, 0.29) is 6.42 Å². The fourth-order valence-electron chi connectivity index (χ4n) is 0.693. The summed E-state index contributed by atoms with van der Waals surface area (Å²) >= 11 is 0. The van der Waals surface area contributed by atoms with Crippen LogP contribution in [0.25, 0.3) is 0 Å². The van der Waals surface area contributed by atoms with Crippen molar-refractivity contribution >= 4 is 5.97 Å². The molecule has 0 aromatic rings. The summed E-state index contributed by atoms with van der Waals surface area (Å²) in [5.41, 5.74) is 0. The Bertz CT molecular complexity index is 118. The minimum absolute atomic E-state index is 0.276. The van der Waals surface area contributed by atoms with E-state index in [1.807, 2.05) is 13.0 Å². The predicted molar refractivity (Wildman–Crippen MR) is 40.8 cm³/mol. The Balaban J connectivity index is 3.19. The lowest BCUT2D eigenvalue weighted by molar-refractivity contribution is -0.137. The molecule has 0 aliphatic heterocycles. The van der Waals surface area contributed by atoms with E-state index in [9.17, 15) is 4.79 Å². The van der Waals surface area contributed by atoms with Gasteiger partial charge in [-0.2, -0.15) is 0 Å². The van der Waals surface area contributed by atoms with Gasteiger partial charge < -0.3 is 5.11 Å². The third-order valence-corrected chi connectivity index (χ3v) is 1.45. The van der Waals surface area contributed by atoms with Gasteiger partial charge >= 0.3 is 5.97 Å². The molecule has 2 heteroatoms. The molecule has 2 nitrogen and oxygen atoms in total. The van der Waals surface area contributed by atoms with E-state index in [0.29, 0.717) is 5.92 Å². The van der Waals surface area contributed by atoms with E-state index in [0.717, 1.165) is 12.8 Å². The van der Waals surface area contributed by atoms with Crippen LogP contribution in [0.2, 0.25) is 0 Å². The Morgan fingerprint density at radius 3 is 2.80 bits per heavy atom. The van der Waals surface area contributed by atoms with Crippen LogP contribution in [-0.4, -0.2) is 11.1 Å². The van der Waals surface area contributed by atoms with Crippen molar-refractivity contribution in [3.8, 4) is 0 Å². The molecule has 0 aromatic heterocycles. The third kappa shape index (κ3) is 5.35. The van der Waals surface area contributed by atoms with Crippen molar-refractivity contribution in [2.75, 3.05) is 0 Å². The molecule has 58 valence electrons. The molecule has 0 unspecified atom stereocenters. The minimum atomic E-state index is -0.712. The number of hydrogen-bond donors (Lipinski definition) is 1. The molecule has 0 fully saturated rings. The number of rotatable bonds is 5. The average molecular weight is 142 g/mol. The number of carboxylic acid groups (broad SMARTS) is 1. The van der Waals surface area contributed by atoms with Crippen molar-refractivity contribution in [2.45, 2.75) is 26.2 Å². The number of hydrogen-bond acceptors (Lipinski definition) is 1. The van der Waals surface area contributed by atoms with Gasteiger partial charge in [-0.1, -0.05) is 13.0 Å². The molecule has 0 aliphatic rings. The van der Waals surface area contributed by atoms with Gasteiger partial charge in [-0.15, -0.1) is 6.58 Å². The smallest absolute Gasteiger partial charge is 0.303 e. The fourth-order valence-corrected chi connectivity index (χ4v) is 0.693. The highest BCUT2D eigenvalue weighted by Crippen LogP contribution is 2.07. The molecule has 0 saturated carbocycles. The molecule has 0 heterocycles. The molecule has 10 heavy (non-hydrogen) atoms. The van der Waals surface area contributed by atoms with Gasteiger partial charge in [-0.3, -0.25) is 4.79 Å². The van der Waals surface area contributed by atoms with Crippen LogP contribution in [-0.2, 0) is 4.79 Å². The second kappa shape index (κ2) is 5.03. The standard InChI is InChI=1S/C8H14O2/c1-3-7(2)5-4-6-8(9)10/h3,7H,1,4-6H2,2H3,(H,9,10)/t7-/m1/s1. The monoisotopic (exact) mass is 142 g/mol. The zero-order valence-electron chi connectivity index (χ0n) is 6.34. The van der Waals surface area contributed by atoms with Crippen LogP contribution >= 0.6 is 0 Å². The summed E-state index contributed by atoms with van der Waals surface area (Å²) in [6.07, 6.45) is 3.80. The molecule has 1 atom stereocenters. The van der Waals surface area contributed by atoms with Gasteiger partial charge in [0.1, 0.15) is 0 Å². The van der Waals surface area contributed by atoms with E-state index in [1.54, 1.807) is 0 Å². The highest BCUT2D eigenvalue weighted by molar-refractivity contribution is 5.66. The van der Waals surface area contributed by atoms with Gasteiger partial charge in [0.2, 0.25) is 0 Å². The van der Waals surface area contributed by atoms with E-state index < -0.39 is 5.97 Å². The first kappa shape index (κ1) is 9.21. The second-order valence-corrected chi connectivity index (χ2v) is 2.50. The average Bonchev–Trinajstić information content (AvgIpc) is 1.87. The lowest BCUT2D eigenvalue weighted by atomic mass is 10.0. The van der Waals surface area contributed by atoms with E-state index in [2.05, 4.69) is 6.58 Å². The van der Waals surface area contributed by atoms with Crippen molar-refractivity contribution in [3.05, 3.63) is 12.7 Å². The topological polar surface area (TPSA) is 37.3 Å². The highest BCUT2D eigenvalue weighted by atomic mass is 16.4. The first-order valence-electron chi connectivity index (χ1n) is 3.51. The van der Waals surface area contributed by atoms with Gasteiger partial charge in [-0.25, -0.2) is 0 Å². The van der Waals surface area contributed by atoms with Crippen LogP contribution in [0.4, 0.5) is 0 Å². The molecule has 0 spiro atoms. The first-order valence-corrected chi connectivity index (χ1v) is 3.51. The van der Waals surface area contributed by atoms with Crippen LogP contribution in [0.1, 0.15) is 26.2 Å². The molecule has 0 amide bonds. The molecular formula is C8H14O2. The Labute approximate surface area is 61.6 Å².